The van der Waals surface area contributed by atoms with Gasteiger partial charge in [-0.05, 0) is 42.2 Å². The van der Waals surface area contributed by atoms with Gasteiger partial charge in [0.2, 0.25) is 0 Å². The van der Waals surface area contributed by atoms with E-state index in [0.717, 1.165) is 24.2 Å². The molecule has 1 fully saturated rings. The van der Waals surface area contributed by atoms with Gasteiger partial charge in [0.1, 0.15) is 5.75 Å². The van der Waals surface area contributed by atoms with Gasteiger partial charge in [0, 0.05) is 24.1 Å². The van der Waals surface area contributed by atoms with Crippen molar-refractivity contribution in [2.24, 2.45) is 0 Å². The Hall–Kier alpha value is -2.29. The fourth-order valence-corrected chi connectivity index (χ4v) is 4.29. The Bertz CT molecular complexity index is 741. The standard InChI is InChI=1S/C21H23NO2/c1-24-16-11-12-18-19(13-16)17-9-5-6-10-20(17)22(21(18)23)14-15-7-3-2-4-8-15/h2-4,7-8,11-13,17,20H,5-6,9-10,14H2,1H3. The third kappa shape index (κ3) is 2.58. The van der Waals surface area contributed by atoms with Crippen molar-refractivity contribution in [2.75, 3.05) is 7.11 Å². The van der Waals surface area contributed by atoms with Crippen molar-refractivity contribution in [3.63, 3.8) is 0 Å². The van der Waals surface area contributed by atoms with Crippen molar-refractivity contribution in [2.45, 2.75) is 44.2 Å². The normalized spacial score (nSPS) is 22.7. The Morgan fingerprint density at radius 1 is 1.08 bits per heavy atom. The zero-order valence-electron chi connectivity index (χ0n) is 14.1. The van der Waals surface area contributed by atoms with E-state index in [9.17, 15) is 4.79 Å². The number of benzene rings is 2. The molecule has 0 saturated heterocycles. The highest BCUT2D eigenvalue weighted by molar-refractivity contribution is 5.97. The van der Waals surface area contributed by atoms with E-state index in [1.807, 2.05) is 30.3 Å². The molecule has 1 amide bonds. The molecule has 2 aromatic rings. The van der Waals surface area contributed by atoms with Crippen LogP contribution in [0.2, 0.25) is 0 Å². The molecule has 2 aromatic carbocycles. The topological polar surface area (TPSA) is 29.5 Å². The molecule has 0 bridgehead atoms. The number of rotatable bonds is 3. The van der Waals surface area contributed by atoms with Crippen LogP contribution in [-0.4, -0.2) is 24.0 Å². The quantitative estimate of drug-likeness (QED) is 0.840. The molecule has 1 saturated carbocycles. The first-order chi connectivity index (χ1) is 11.8. The smallest absolute Gasteiger partial charge is 0.254 e. The Labute approximate surface area is 143 Å². The van der Waals surface area contributed by atoms with Gasteiger partial charge in [-0.2, -0.15) is 0 Å². The highest BCUT2D eigenvalue weighted by Crippen LogP contribution is 2.43. The first-order valence-electron chi connectivity index (χ1n) is 8.81. The lowest BCUT2D eigenvalue weighted by atomic mass is 9.74. The van der Waals surface area contributed by atoms with E-state index in [2.05, 4.69) is 23.1 Å². The second kappa shape index (κ2) is 6.31. The molecule has 0 radical (unpaired) electrons. The van der Waals surface area contributed by atoms with Gasteiger partial charge in [-0.15, -0.1) is 0 Å². The van der Waals surface area contributed by atoms with Crippen LogP contribution in [0.25, 0.3) is 0 Å². The molecule has 2 unspecified atom stereocenters. The minimum Gasteiger partial charge on any atom is -0.497 e. The van der Waals surface area contributed by atoms with Crippen molar-refractivity contribution in [3.05, 3.63) is 65.2 Å². The monoisotopic (exact) mass is 321 g/mol. The molecular weight excluding hydrogens is 298 g/mol. The zero-order chi connectivity index (χ0) is 16.5. The molecule has 24 heavy (non-hydrogen) atoms. The van der Waals surface area contributed by atoms with E-state index in [1.54, 1.807) is 7.11 Å². The molecular formula is C21H23NO2. The highest BCUT2D eigenvalue weighted by atomic mass is 16.5. The van der Waals surface area contributed by atoms with Crippen LogP contribution in [-0.2, 0) is 6.54 Å². The Balaban J connectivity index is 1.74. The number of hydrogen-bond donors (Lipinski definition) is 0. The average Bonchev–Trinajstić information content (AvgIpc) is 2.65. The molecule has 2 atom stereocenters. The molecule has 1 aliphatic heterocycles. The van der Waals surface area contributed by atoms with Crippen LogP contribution in [0.1, 0.15) is 53.1 Å². The molecule has 3 nitrogen and oxygen atoms in total. The lowest BCUT2D eigenvalue weighted by molar-refractivity contribution is 0.0533. The summed E-state index contributed by atoms with van der Waals surface area (Å²) in [6, 6.07) is 16.6. The number of amides is 1. The number of nitrogens with zero attached hydrogens (tertiary/aromatic N) is 1. The second-order valence-corrected chi connectivity index (χ2v) is 6.83. The summed E-state index contributed by atoms with van der Waals surface area (Å²) < 4.78 is 5.39. The van der Waals surface area contributed by atoms with Crippen molar-refractivity contribution in [3.8, 4) is 5.75 Å². The summed E-state index contributed by atoms with van der Waals surface area (Å²) in [6.45, 7) is 0.701. The average molecular weight is 321 g/mol. The number of hydrogen-bond acceptors (Lipinski definition) is 2. The number of methoxy groups -OCH3 is 1. The summed E-state index contributed by atoms with van der Waals surface area (Å²) in [6.07, 6.45) is 4.70. The predicted octanol–water partition coefficient (Wildman–Crippen LogP) is 4.38. The highest BCUT2D eigenvalue weighted by Gasteiger charge is 2.40. The van der Waals surface area contributed by atoms with Crippen LogP contribution >= 0.6 is 0 Å². The molecule has 0 spiro atoms. The maximum Gasteiger partial charge on any atom is 0.254 e. The van der Waals surface area contributed by atoms with Crippen molar-refractivity contribution in [1.29, 1.82) is 0 Å². The van der Waals surface area contributed by atoms with E-state index in [1.165, 1.54) is 24.0 Å². The van der Waals surface area contributed by atoms with Crippen LogP contribution in [0, 0.1) is 0 Å². The number of ether oxygens (including phenoxy) is 1. The molecule has 124 valence electrons. The number of carbonyl (C=O) groups is 1. The molecule has 1 heterocycles. The van der Waals surface area contributed by atoms with Gasteiger partial charge in [0.25, 0.3) is 5.91 Å². The van der Waals surface area contributed by atoms with E-state index in [0.29, 0.717) is 18.5 Å². The minimum absolute atomic E-state index is 0.166. The maximum absolute atomic E-state index is 13.2. The van der Waals surface area contributed by atoms with E-state index in [4.69, 9.17) is 4.74 Å². The van der Waals surface area contributed by atoms with Gasteiger partial charge in [-0.25, -0.2) is 0 Å². The first kappa shape index (κ1) is 15.3. The van der Waals surface area contributed by atoms with Crippen molar-refractivity contribution < 1.29 is 9.53 Å². The van der Waals surface area contributed by atoms with E-state index in [-0.39, 0.29) is 5.91 Å². The van der Waals surface area contributed by atoms with Gasteiger partial charge >= 0.3 is 0 Å². The molecule has 1 aliphatic carbocycles. The maximum atomic E-state index is 13.2. The zero-order valence-corrected chi connectivity index (χ0v) is 14.1. The summed E-state index contributed by atoms with van der Waals surface area (Å²) in [5.41, 5.74) is 3.25. The van der Waals surface area contributed by atoms with E-state index < -0.39 is 0 Å². The Kier molecular flexibility index (Phi) is 4.01. The van der Waals surface area contributed by atoms with Crippen LogP contribution in [0.4, 0.5) is 0 Å². The summed E-state index contributed by atoms with van der Waals surface area (Å²) in [4.78, 5) is 15.3. The van der Waals surface area contributed by atoms with Gasteiger partial charge in [0.05, 0.1) is 7.11 Å². The third-order valence-electron chi connectivity index (χ3n) is 5.48. The Morgan fingerprint density at radius 3 is 2.67 bits per heavy atom. The summed E-state index contributed by atoms with van der Waals surface area (Å²) >= 11 is 0. The molecule has 0 N–H and O–H groups in total. The summed E-state index contributed by atoms with van der Waals surface area (Å²) in [7, 11) is 1.69. The molecule has 3 heteroatoms. The van der Waals surface area contributed by atoms with Crippen LogP contribution in [0.3, 0.4) is 0 Å². The summed E-state index contributed by atoms with van der Waals surface area (Å²) in [5.74, 6) is 1.45. The molecule has 0 aromatic heterocycles. The largest absolute Gasteiger partial charge is 0.497 e. The van der Waals surface area contributed by atoms with Gasteiger partial charge in [-0.1, -0.05) is 43.2 Å². The van der Waals surface area contributed by atoms with Crippen molar-refractivity contribution >= 4 is 5.91 Å². The molecule has 2 aliphatic rings. The van der Waals surface area contributed by atoms with Crippen LogP contribution < -0.4 is 4.74 Å². The second-order valence-electron chi connectivity index (χ2n) is 6.83. The van der Waals surface area contributed by atoms with E-state index >= 15 is 0 Å². The Morgan fingerprint density at radius 2 is 1.88 bits per heavy atom. The summed E-state index contributed by atoms with van der Waals surface area (Å²) in [5, 5.41) is 0. The third-order valence-corrected chi connectivity index (χ3v) is 5.48. The predicted molar refractivity (Wildman–Crippen MR) is 94.3 cm³/mol. The number of carbonyl (C=O) groups excluding carboxylic acids is 1. The van der Waals surface area contributed by atoms with Crippen LogP contribution in [0.15, 0.2) is 48.5 Å². The fraction of sp³-hybridized carbons (Fsp3) is 0.381. The van der Waals surface area contributed by atoms with Gasteiger partial charge in [-0.3, -0.25) is 4.79 Å². The lowest BCUT2D eigenvalue weighted by Crippen LogP contribution is -2.48. The van der Waals surface area contributed by atoms with Gasteiger partial charge < -0.3 is 9.64 Å². The van der Waals surface area contributed by atoms with Crippen LogP contribution in [0.5, 0.6) is 5.75 Å². The van der Waals surface area contributed by atoms with Gasteiger partial charge in [0.15, 0.2) is 0 Å². The van der Waals surface area contributed by atoms with Crippen molar-refractivity contribution in [1.82, 2.24) is 4.90 Å². The minimum atomic E-state index is 0.166. The molecule has 4 rings (SSSR count). The fourth-order valence-electron chi connectivity index (χ4n) is 4.29. The number of fused-ring (bicyclic) bond motifs is 3. The SMILES string of the molecule is COc1ccc2c(c1)C1CCCCC1N(Cc1ccccc1)C2=O. The lowest BCUT2D eigenvalue weighted by Gasteiger charge is -2.45. The first-order valence-corrected chi connectivity index (χ1v) is 8.81.